The van der Waals surface area contributed by atoms with Crippen LogP contribution in [0.25, 0.3) is 0 Å². The van der Waals surface area contributed by atoms with Crippen molar-refractivity contribution in [2.24, 2.45) is 0 Å². The lowest BCUT2D eigenvalue weighted by molar-refractivity contribution is -0.146. The van der Waals surface area contributed by atoms with E-state index in [1.165, 1.54) is 18.2 Å². The third kappa shape index (κ3) is 6.21. The normalized spacial score (nSPS) is 11.5. The summed E-state index contributed by atoms with van der Waals surface area (Å²) in [5, 5.41) is 2.35. The van der Waals surface area contributed by atoms with Crippen molar-refractivity contribution in [1.29, 1.82) is 0 Å². The third-order valence-corrected chi connectivity index (χ3v) is 4.36. The molecule has 32 heavy (non-hydrogen) atoms. The van der Waals surface area contributed by atoms with Gasteiger partial charge in [0, 0.05) is 16.7 Å². The van der Waals surface area contributed by atoms with Gasteiger partial charge in [-0.15, -0.1) is 0 Å². The highest BCUT2D eigenvalue weighted by Crippen LogP contribution is 2.23. The van der Waals surface area contributed by atoms with E-state index >= 15 is 0 Å². The summed E-state index contributed by atoms with van der Waals surface area (Å²) in [7, 11) is 0. The Kier molecular flexibility index (Phi) is 7.64. The minimum absolute atomic E-state index is 0.0240. The summed E-state index contributed by atoms with van der Waals surface area (Å²) in [4.78, 5) is 37.6. The zero-order chi connectivity index (χ0) is 22.9. The van der Waals surface area contributed by atoms with Gasteiger partial charge < -0.3 is 14.8 Å². The summed E-state index contributed by atoms with van der Waals surface area (Å²) in [6, 6.07) is 22.0. The molecule has 3 rings (SSSR count). The van der Waals surface area contributed by atoms with E-state index in [-0.39, 0.29) is 11.3 Å². The molecule has 3 aromatic rings. The molecule has 0 fully saturated rings. The van der Waals surface area contributed by atoms with Crippen LogP contribution < -0.4 is 10.1 Å². The molecule has 0 saturated carbocycles. The van der Waals surface area contributed by atoms with Crippen LogP contribution in [0, 0.1) is 0 Å². The maximum absolute atomic E-state index is 12.9. The Balaban J connectivity index is 1.67. The smallest absolute Gasteiger partial charge is 0.387 e. The first-order chi connectivity index (χ1) is 15.4. The summed E-state index contributed by atoms with van der Waals surface area (Å²) in [6.07, 6.45) is -1.19. The van der Waals surface area contributed by atoms with Crippen molar-refractivity contribution >= 4 is 17.7 Å². The number of nitrogens with one attached hydrogen (secondary N) is 1. The molecule has 0 bridgehead atoms. The largest absolute Gasteiger partial charge is 0.448 e. The summed E-state index contributed by atoms with van der Waals surface area (Å²) in [5.41, 5.74) is 0.878. The van der Waals surface area contributed by atoms with Crippen molar-refractivity contribution in [3.8, 4) is 5.75 Å². The van der Waals surface area contributed by atoms with Crippen LogP contribution in [0.3, 0.4) is 0 Å². The fourth-order valence-corrected chi connectivity index (χ4v) is 2.90. The number of Topliss-reactive ketones (excluding diaryl/α,β-unsaturated/α-hetero) is 1. The number of alkyl halides is 2. The van der Waals surface area contributed by atoms with Crippen LogP contribution in [0.5, 0.6) is 5.75 Å². The first kappa shape index (κ1) is 22.6. The minimum atomic E-state index is -3.03. The fourth-order valence-electron chi connectivity index (χ4n) is 2.90. The molecular weight excluding hydrogens is 420 g/mol. The summed E-state index contributed by atoms with van der Waals surface area (Å²) >= 11 is 0. The highest BCUT2D eigenvalue weighted by Gasteiger charge is 2.26. The average molecular weight is 439 g/mol. The molecule has 0 aromatic heterocycles. The highest BCUT2D eigenvalue weighted by atomic mass is 19.3. The van der Waals surface area contributed by atoms with Crippen LogP contribution in [0.2, 0.25) is 0 Å². The van der Waals surface area contributed by atoms with Gasteiger partial charge in [-0.2, -0.15) is 8.78 Å². The molecule has 1 atom stereocenters. The average Bonchev–Trinajstić information content (AvgIpc) is 2.81. The highest BCUT2D eigenvalue weighted by molar-refractivity contribution is 6.01. The van der Waals surface area contributed by atoms with E-state index in [2.05, 4.69) is 10.1 Å². The second-order valence-electron chi connectivity index (χ2n) is 6.60. The quantitative estimate of drug-likeness (QED) is 0.400. The van der Waals surface area contributed by atoms with Crippen molar-refractivity contribution in [3.63, 3.8) is 0 Å². The van der Waals surface area contributed by atoms with Gasteiger partial charge in [-0.25, -0.2) is 0 Å². The predicted octanol–water partition coefficient (Wildman–Crippen LogP) is 4.19. The Hall–Kier alpha value is -4.07. The Morgan fingerprint density at radius 2 is 1.44 bits per heavy atom. The number of halogens is 2. The van der Waals surface area contributed by atoms with Crippen LogP contribution in [-0.4, -0.2) is 30.8 Å². The van der Waals surface area contributed by atoms with Crippen molar-refractivity contribution in [3.05, 3.63) is 102 Å². The van der Waals surface area contributed by atoms with Gasteiger partial charge in [0.15, 0.2) is 6.10 Å². The zero-order valence-electron chi connectivity index (χ0n) is 16.7. The number of esters is 1. The Morgan fingerprint density at radius 3 is 2.09 bits per heavy atom. The molecule has 0 spiro atoms. The molecule has 1 N–H and O–H groups in total. The van der Waals surface area contributed by atoms with Crippen LogP contribution >= 0.6 is 0 Å². The van der Waals surface area contributed by atoms with Crippen molar-refractivity contribution < 1.29 is 32.6 Å². The van der Waals surface area contributed by atoms with Crippen LogP contribution in [0.15, 0.2) is 84.9 Å². The van der Waals surface area contributed by atoms with Crippen molar-refractivity contribution in [2.45, 2.75) is 12.7 Å². The van der Waals surface area contributed by atoms with Gasteiger partial charge in [0.2, 0.25) is 5.78 Å². The maximum Gasteiger partial charge on any atom is 0.387 e. The number of amides is 1. The molecule has 8 heteroatoms. The molecule has 164 valence electrons. The van der Waals surface area contributed by atoms with Gasteiger partial charge in [0.05, 0.1) is 0 Å². The molecule has 6 nitrogen and oxygen atoms in total. The molecule has 0 aliphatic carbocycles. The second kappa shape index (κ2) is 10.8. The number of rotatable bonds is 9. The molecule has 1 amide bonds. The standard InChI is InChI=1S/C24H19F2NO5/c25-24(26)31-19-13-7-12-18(14-19)23(30)27-15-20(28)32-22(17-10-5-2-6-11-17)21(29)16-8-3-1-4-9-16/h1-14,22,24H,15H2,(H,27,30). The maximum atomic E-state index is 12.9. The summed E-state index contributed by atoms with van der Waals surface area (Å²) in [6.45, 7) is -3.55. The number of carbonyl (C=O) groups is 3. The molecular formula is C24H19F2NO5. The second-order valence-corrected chi connectivity index (χ2v) is 6.60. The Morgan fingerprint density at radius 1 is 0.812 bits per heavy atom. The first-order valence-corrected chi connectivity index (χ1v) is 9.61. The molecule has 3 aromatic carbocycles. The molecule has 0 heterocycles. The molecule has 0 aliphatic rings. The van der Waals surface area contributed by atoms with Crippen LogP contribution in [0.4, 0.5) is 8.78 Å². The monoisotopic (exact) mass is 439 g/mol. The number of ether oxygens (including phenoxy) is 2. The summed E-state index contributed by atoms with van der Waals surface area (Å²) in [5.74, 6) is -2.12. The Labute approximate surface area is 182 Å². The van der Waals surface area contributed by atoms with Gasteiger partial charge >= 0.3 is 12.6 Å². The van der Waals surface area contributed by atoms with Crippen molar-refractivity contribution in [2.75, 3.05) is 6.54 Å². The van der Waals surface area contributed by atoms with Crippen molar-refractivity contribution in [1.82, 2.24) is 5.32 Å². The first-order valence-electron chi connectivity index (χ1n) is 9.61. The molecule has 0 radical (unpaired) electrons. The lowest BCUT2D eigenvalue weighted by Gasteiger charge is -2.17. The number of hydrogen-bond acceptors (Lipinski definition) is 5. The lowest BCUT2D eigenvalue weighted by atomic mass is 10.00. The van der Waals surface area contributed by atoms with E-state index < -0.39 is 36.9 Å². The van der Waals surface area contributed by atoms with Gasteiger partial charge in [0.25, 0.3) is 5.91 Å². The predicted molar refractivity (Wildman–Crippen MR) is 111 cm³/mol. The van der Waals surface area contributed by atoms with Gasteiger partial charge in [-0.05, 0) is 18.2 Å². The number of ketones is 1. The molecule has 0 aliphatic heterocycles. The third-order valence-electron chi connectivity index (χ3n) is 4.36. The van der Waals surface area contributed by atoms with Crippen LogP contribution in [0.1, 0.15) is 32.4 Å². The topological polar surface area (TPSA) is 81.7 Å². The number of hydrogen-bond donors (Lipinski definition) is 1. The fraction of sp³-hybridized carbons (Fsp3) is 0.125. The van der Waals surface area contributed by atoms with E-state index in [1.54, 1.807) is 60.7 Å². The molecule has 1 unspecified atom stereocenters. The number of benzene rings is 3. The summed E-state index contributed by atoms with van der Waals surface area (Å²) < 4.78 is 34.3. The zero-order valence-corrected chi connectivity index (χ0v) is 16.7. The Bertz CT molecular complexity index is 1070. The van der Waals surface area contributed by atoms with E-state index in [0.29, 0.717) is 11.1 Å². The van der Waals surface area contributed by atoms with Gasteiger partial charge in [-0.3, -0.25) is 14.4 Å². The van der Waals surface area contributed by atoms with Crippen LogP contribution in [-0.2, 0) is 9.53 Å². The van der Waals surface area contributed by atoms with E-state index in [0.717, 1.165) is 6.07 Å². The van der Waals surface area contributed by atoms with E-state index in [1.807, 2.05) is 0 Å². The van der Waals surface area contributed by atoms with Gasteiger partial charge in [0.1, 0.15) is 12.3 Å². The SMILES string of the molecule is O=C(CNC(=O)c1cccc(OC(F)F)c1)OC(C(=O)c1ccccc1)c1ccccc1. The number of carbonyl (C=O) groups excluding carboxylic acids is 3. The molecule has 0 saturated heterocycles. The lowest BCUT2D eigenvalue weighted by Crippen LogP contribution is -2.32. The van der Waals surface area contributed by atoms with E-state index in [9.17, 15) is 23.2 Å². The van der Waals surface area contributed by atoms with Gasteiger partial charge in [-0.1, -0.05) is 66.7 Å². The minimum Gasteiger partial charge on any atom is -0.448 e. The van der Waals surface area contributed by atoms with E-state index in [4.69, 9.17) is 4.74 Å².